The van der Waals surface area contributed by atoms with E-state index in [1.807, 2.05) is 0 Å². The molecule has 0 aliphatic carbocycles. The molecule has 0 radical (unpaired) electrons. The van der Waals surface area contributed by atoms with Crippen LogP contribution in [0.5, 0.6) is 5.75 Å². The van der Waals surface area contributed by atoms with Gasteiger partial charge < -0.3 is 10.1 Å². The zero-order valence-electron chi connectivity index (χ0n) is 9.71. The van der Waals surface area contributed by atoms with E-state index in [1.165, 1.54) is 19.5 Å². The van der Waals surface area contributed by atoms with E-state index in [0.717, 1.165) is 0 Å². The first-order valence-electron chi connectivity index (χ1n) is 5.20. The molecule has 0 saturated carbocycles. The lowest BCUT2D eigenvalue weighted by Crippen LogP contribution is -2.20. The van der Waals surface area contributed by atoms with Gasteiger partial charge in [0.05, 0.1) is 13.3 Å². The molecular formula is C11H15F3N2O. The molecule has 0 amide bonds. The van der Waals surface area contributed by atoms with Crippen LogP contribution in [0.25, 0.3) is 0 Å². The van der Waals surface area contributed by atoms with Crippen LogP contribution in [-0.2, 0) is 0 Å². The number of methoxy groups -OCH3 is 1. The smallest absolute Gasteiger partial charge is 0.389 e. The summed E-state index contributed by atoms with van der Waals surface area (Å²) in [5.41, 5.74) is 0.689. The van der Waals surface area contributed by atoms with Crippen LogP contribution in [0.1, 0.15) is 24.4 Å². The van der Waals surface area contributed by atoms with Gasteiger partial charge in [0, 0.05) is 24.2 Å². The number of aromatic nitrogens is 1. The highest BCUT2D eigenvalue weighted by molar-refractivity contribution is 5.32. The van der Waals surface area contributed by atoms with Gasteiger partial charge >= 0.3 is 6.18 Å². The second-order valence-electron chi connectivity index (χ2n) is 3.61. The minimum Gasteiger partial charge on any atom is -0.495 e. The van der Waals surface area contributed by atoms with Crippen LogP contribution < -0.4 is 10.1 Å². The highest BCUT2D eigenvalue weighted by atomic mass is 19.4. The number of rotatable bonds is 5. The monoisotopic (exact) mass is 248 g/mol. The number of hydrogen-bond donors (Lipinski definition) is 1. The van der Waals surface area contributed by atoms with E-state index in [0.29, 0.717) is 11.3 Å². The summed E-state index contributed by atoms with van der Waals surface area (Å²) in [5, 5.41) is 2.86. The molecule has 96 valence electrons. The Bertz CT molecular complexity index is 355. The van der Waals surface area contributed by atoms with Crippen LogP contribution in [0.3, 0.4) is 0 Å². The average Bonchev–Trinajstić information content (AvgIpc) is 2.29. The van der Waals surface area contributed by atoms with Gasteiger partial charge in [-0.2, -0.15) is 13.2 Å². The first kappa shape index (κ1) is 13.8. The predicted octanol–water partition coefficient (Wildman–Crippen LogP) is 2.69. The van der Waals surface area contributed by atoms with E-state index in [4.69, 9.17) is 4.74 Å². The molecule has 3 nitrogen and oxygen atoms in total. The summed E-state index contributed by atoms with van der Waals surface area (Å²) in [5.74, 6) is 0.494. The van der Waals surface area contributed by atoms with Crippen molar-refractivity contribution >= 4 is 0 Å². The molecule has 0 saturated heterocycles. The SMILES string of the molecule is CNC(CCC(F)(F)F)c1ccncc1OC. The lowest BCUT2D eigenvalue weighted by molar-refractivity contribution is -0.136. The van der Waals surface area contributed by atoms with Crippen LogP contribution in [0, 0.1) is 0 Å². The fourth-order valence-electron chi connectivity index (χ4n) is 1.61. The molecule has 1 aromatic heterocycles. The van der Waals surface area contributed by atoms with E-state index >= 15 is 0 Å². The molecule has 1 N–H and O–H groups in total. The van der Waals surface area contributed by atoms with E-state index in [-0.39, 0.29) is 6.42 Å². The highest BCUT2D eigenvalue weighted by Gasteiger charge is 2.29. The standard InChI is InChI=1S/C11H15F3N2O/c1-15-9(3-5-11(12,13)14)8-4-6-16-7-10(8)17-2/h4,6-7,9,15H,3,5H2,1-2H3. The van der Waals surface area contributed by atoms with Crippen LogP contribution in [0.15, 0.2) is 18.5 Å². The van der Waals surface area contributed by atoms with Crippen LogP contribution >= 0.6 is 0 Å². The van der Waals surface area contributed by atoms with Crippen molar-refractivity contribution in [3.05, 3.63) is 24.0 Å². The van der Waals surface area contributed by atoms with E-state index in [1.54, 1.807) is 13.1 Å². The predicted molar refractivity (Wildman–Crippen MR) is 57.9 cm³/mol. The fourth-order valence-corrected chi connectivity index (χ4v) is 1.61. The van der Waals surface area contributed by atoms with Gasteiger partial charge in [-0.15, -0.1) is 0 Å². The third kappa shape index (κ3) is 4.22. The molecule has 0 spiro atoms. The minimum atomic E-state index is -4.14. The molecule has 6 heteroatoms. The van der Waals surface area contributed by atoms with Crippen LogP contribution in [-0.4, -0.2) is 25.3 Å². The number of ether oxygens (including phenoxy) is 1. The number of halogens is 3. The molecule has 1 aromatic rings. The van der Waals surface area contributed by atoms with Gasteiger partial charge in [-0.25, -0.2) is 0 Å². The van der Waals surface area contributed by atoms with Crippen molar-refractivity contribution in [2.75, 3.05) is 14.2 Å². The lowest BCUT2D eigenvalue weighted by atomic mass is 10.0. The molecule has 1 rings (SSSR count). The zero-order chi connectivity index (χ0) is 12.9. The third-order valence-electron chi connectivity index (χ3n) is 2.48. The Morgan fingerprint density at radius 2 is 2.18 bits per heavy atom. The Morgan fingerprint density at radius 3 is 2.71 bits per heavy atom. The lowest BCUT2D eigenvalue weighted by Gasteiger charge is -2.19. The molecule has 1 atom stereocenters. The molecule has 0 aliphatic heterocycles. The summed E-state index contributed by atoms with van der Waals surface area (Å²) in [4.78, 5) is 3.87. The minimum absolute atomic E-state index is 0.0274. The van der Waals surface area contributed by atoms with Crippen LogP contribution in [0.2, 0.25) is 0 Å². The third-order valence-corrected chi connectivity index (χ3v) is 2.48. The molecule has 1 unspecified atom stereocenters. The summed E-state index contributed by atoms with van der Waals surface area (Å²) in [6.45, 7) is 0. The van der Waals surface area contributed by atoms with E-state index < -0.39 is 18.6 Å². The molecule has 17 heavy (non-hydrogen) atoms. The summed E-state index contributed by atoms with van der Waals surface area (Å²) in [6.07, 6.45) is -1.97. The Morgan fingerprint density at radius 1 is 1.47 bits per heavy atom. The van der Waals surface area contributed by atoms with Crippen LogP contribution in [0.4, 0.5) is 13.2 Å². The van der Waals surface area contributed by atoms with E-state index in [9.17, 15) is 13.2 Å². The fraction of sp³-hybridized carbons (Fsp3) is 0.545. The summed E-state index contributed by atoms with van der Waals surface area (Å²) < 4.78 is 41.6. The maximum Gasteiger partial charge on any atom is 0.389 e. The number of pyridine rings is 1. The number of nitrogens with zero attached hydrogens (tertiary/aromatic N) is 1. The van der Waals surface area contributed by atoms with Gasteiger partial charge in [-0.1, -0.05) is 0 Å². The summed E-state index contributed by atoms with van der Waals surface area (Å²) in [6, 6.07) is 1.27. The summed E-state index contributed by atoms with van der Waals surface area (Å²) >= 11 is 0. The van der Waals surface area contributed by atoms with Gasteiger partial charge in [0.25, 0.3) is 0 Å². The second-order valence-corrected chi connectivity index (χ2v) is 3.61. The van der Waals surface area contributed by atoms with Gasteiger partial charge in [0.1, 0.15) is 5.75 Å². The topological polar surface area (TPSA) is 34.2 Å². The van der Waals surface area contributed by atoms with E-state index in [2.05, 4.69) is 10.3 Å². The molecule has 0 aliphatic rings. The van der Waals surface area contributed by atoms with Crippen molar-refractivity contribution in [1.29, 1.82) is 0 Å². The molecular weight excluding hydrogens is 233 g/mol. The first-order valence-corrected chi connectivity index (χ1v) is 5.20. The van der Waals surface area contributed by atoms with Crippen molar-refractivity contribution in [1.82, 2.24) is 10.3 Å². The number of hydrogen-bond acceptors (Lipinski definition) is 3. The van der Waals surface area contributed by atoms with Gasteiger partial charge in [-0.3, -0.25) is 4.98 Å². The molecule has 0 bridgehead atoms. The highest BCUT2D eigenvalue weighted by Crippen LogP contribution is 2.31. The quantitative estimate of drug-likeness (QED) is 0.870. The average molecular weight is 248 g/mol. The molecule has 1 heterocycles. The Balaban J connectivity index is 2.79. The van der Waals surface area contributed by atoms with Crippen molar-refractivity contribution < 1.29 is 17.9 Å². The first-order chi connectivity index (χ1) is 7.98. The van der Waals surface area contributed by atoms with Gasteiger partial charge in [0.2, 0.25) is 0 Å². The van der Waals surface area contributed by atoms with Gasteiger partial charge in [-0.05, 0) is 19.5 Å². The van der Waals surface area contributed by atoms with Crippen molar-refractivity contribution in [3.63, 3.8) is 0 Å². The zero-order valence-corrected chi connectivity index (χ0v) is 9.71. The number of nitrogens with one attached hydrogen (secondary N) is 1. The normalized spacial score (nSPS) is 13.5. The molecule has 0 fully saturated rings. The largest absolute Gasteiger partial charge is 0.495 e. The maximum absolute atomic E-state index is 12.2. The summed E-state index contributed by atoms with van der Waals surface area (Å²) in [7, 11) is 3.10. The van der Waals surface area contributed by atoms with Crippen molar-refractivity contribution in [2.24, 2.45) is 0 Å². The van der Waals surface area contributed by atoms with Crippen molar-refractivity contribution in [2.45, 2.75) is 25.1 Å². The van der Waals surface area contributed by atoms with Gasteiger partial charge in [0.15, 0.2) is 0 Å². The Labute approximate surface area is 98.0 Å². The van der Waals surface area contributed by atoms with Crippen molar-refractivity contribution in [3.8, 4) is 5.75 Å². The Kier molecular flexibility index (Phi) is 4.74. The second kappa shape index (κ2) is 5.86. The number of alkyl halides is 3. The Hall–Kier alpha value is -1.30. The maximum atomic E-state index is 12.2. The molecule has 0 aromatic carbocycles.